The first-order valence-corrected chi connectivity index (χ1v) is 10.2. The Hall–Kier alpha value is -2.80. The second-order valence-corrected chi connectivity index (χ2v) is 7.79. The van der Waals surface area contributed by atoms with Crippen LogP contribution in [0.15, 0.2) is 41.9 Å². The number of hydrogen-bond donors (Lipinski definition) is 1. The number of methoxy groups -OCH3 is 2. The number of pyridine rings is 1. The summed E-state index contributed by atoms with van der Waals surface area (Å²) < 4.78 is 11.8. The monoisotopic (exact) mass is 397 g/mol. The van der Waals surface area contributed by atoms with E-state index in [0.717, 1.165) is 30.6 Å². The maximum Gasteiger partial charge on any atom is 0.229 e. The quantitative estimate of drug-likeness (QED) is 0.700. The fourth-order valence-corrected chi connectivity index (χ4v) is 4.42. The van der Waals surface area contributed by atoms with E-state index in [9.17, 15) is 4.79 Å². The number of carbonyl (C=O) groups excluding carboxylic acids is 1. The number of rotatable bonds is 5. The molecule has 0 bridgehead atoms. The molecule has 3 heterocycles. The van der Waals surface area contributed by atoms with Gasteiger partial charge in [0.05, 0.1) is 20.1 Å². The standard InChI is InChI=1S/C21H23N3O3S/c1-26-16-10-15(11-17(12-16)27-2)23-21(25)14-4-3-8-24(13-14)20-18-6-9-28-19(18)5-7-22-20/h5-7,9-12,14H,3-4,8,13H2,1-2H3,(H,23,25). The van der Waals surface area contributed by atoms with Gasteiger partial charge >= 0.3 is 0 Å². The van der Waals surface area contributed by atoms with Crippen molar-refractivity contribution in [3.05, 3.63) is 41.9 Å². The minimum Gasteiger partial charge on any atom is -0.497 e. The molecule has 0 aliphatic carbocycles. The number of ether oxygens (including phenoxy) is 2. The summed E-state index contributed by atoms with van der Waals surface area (Å²) in [6, 6.07) is 9.52. The van der Waals surface area contributed by atoms with Crippen molar-refractivity contribution in [2.75, 3.05) is 37.5 Å². The van der Waals surface area contributed by atoms with Gasteiger partial charge in [0.25, 0.3) is 0 Å². The van der Waals surface area contributed by atoms with Crippen molar-refractivity contribution in [2.45, 2.75) is 12.8 Å². The highest BCUT2D eigenvalue weighted by atomic mass is 32.1. The lowest BCUT2D eigenvalue weighted by Crippen LogP contribution is -2.41. The second-order valence-electron chi connectivity index (χ2n) is 6.84. The minimum absolute atomic E-state index is 0.0116. The van der Waals surface area contributed by atoms with E-state index >= 15 is 0 Å². The Labute approximate surface area is 168 Å². The molecule has 6 nitrogen and oxygen atoms in total. The molecule has 3 aromatic rings. The van der Waals surface area contributed by atoms with Crippen LogP contribution < -0.4 is 19.7 Å². The average Bonchev–Trinajstić information content (AvgIpc) is 3.22. The topological polar surface area (TPSA) is 63.7 Å². The number of nitrogens with one attached hydrogen (secondary N) is 1. The number of amides is 1. The van der Waals surface area contributed by atoms with Crippen LogP contribution in [-0.2, 0) is 4.79 Å². The minimum atomic E-state index is -0.0957. The molecule has 1 fully saturated rings. The first-order valence-electron chi connectivity index (χ1n) is 9.29. The molecule has 1 aliphatic rings. The molecular formula is C21H23N3O3S. The van der Waals surface area contributed by atoms with Crippen LogP contribution in [0.1, 0.15) is 12.8 Å². The van der Waals surface area contributed by atoms with Gasteiger partial charge in [-0.1, -0.05) is 0 Å². The molecule has 146 valence electrons. The van der Waals surface area contributed by atoms with Crippen molar-refractivity contribution >= 4 is 38.8 Å². The van der Waals surface area contributed by atoms with Gasteiger partial charge in [-0.15, -0.1) is 11.3 Å². The third-order valence-electron chi connectivity index (χ3n) is 5.07. The van der Waals surface area contributed by atoms with E-state index in [1.807, 2.05) is 12.3 Å². The Balaban J connectivity index is 1.50. The van der Waals surface area contributed by atoms with Crippen LogP contribution in [0.25, 0.3) is 10.1 Å². The predicted molar refractivity (Wildman–Crippen MR) is 113 cm³/mol. The summed E-state index contributed by atoms with van der Waals surface area (Å²) in [5.41, 5.74) is 0.677. The molecule has 4 rings (SSSR count). The molecule has 0 saturated carbocycles. The third-order valence-corrected chi connectivity index (χ3v) is 5.95. The first kappa shape index (κ1) is 18.6. The van der Waals surface area contributed by atoms with Gasteiger partial charge in [-0.05, 0) is 30.4 Å². The van der Waals surface area contributed by atoms with Crippen LogP contribution in [0.5, 0.6) is 11.5 Å². The Morgan fingerprint density at radius 1 is 1.21 bits per heavy atom. The molecule has 1 saturated heterocycles. The molecule has 0 spiro atoms. The summed E-state index contributed by atoms with van der Waals surface area (Å²) in [6.07, 6.45) is 3.67. The van der Waals surface area contributed by atoms with Gasteiger partial charge in [-0.3, -0.25) is 4.79 Å². The average molecular weight is 398 g/mol. The summed E-state index contributed by atoms with van der Waals surface area (Å²) in [5, 5.41) is 6.26. The first-order chi connectivity index (χ1) is 13.7. The number of piperidine rings is 1. The van der Waals surface area contributed by atoms with Gasteiger partial charge in [0, 0.05) is 53.3 Å². The SMILES string of the molecule is COc1cc(NC(=O)C2CCCN(c3nccc4sccc34)C2)cc(OC)c1. The molecule has 1 aliphatic heterocycles. The summed E-state index contributed by atoms with van der Waals surface area (Å²) in [7, 11) is 3.19. The van der Waals surface area contributed by atoms with E-state index in [1.165, 1.54) is 4.70 Å². The molecule has 1 aromatic carbocycles. The van der Waals surface area contributed by atoms with Gasteiger partial charge in [-0.25, -0.2) is 4.98 Å². The van der Waals surface area contributed by atoms with Crippen LogP contribution in [-0.4, -0.2) is 38.2 Å². The number of anilines is 2. The molecule has 1 amide bonds. The van der Waals surface area contributed by atoms with Gasteiger partial charge < -0.3 is 19.7 Å². The second kappa shape index (κ2) is 8.06. The van der Waals surface area contributed by atoms with E-state index in [2.05, 4.69) is 26.6 Å². The fraction of sp³-hybridized carbons (Fsp3) is 0.333. The Kier molecular flexibility index (Phi) is 5.34. The number of nitrogens with zero attached hydrogens (tertiary/aromatic N) is 2. The van der Waals surface area contributed by atoms with Crippen molar-refractivity contribution in [1.82, 2.24) is 4.98 Å². The lowest BCUT2D eigenvalue weighted by atomic mass is 9.96. The molecule has 1 N–H and O–H groups in total. The Morgan fingerprint density at radius 3 is 2.75 bits per heavy atom. The number of hydrogen-bond acceptors (Lipinski definition) is 6. The van der Waals surface area contributed by atoms with E-state index in [4.69, 9.17) is 9.47 Å². The van der Waals surface area contributed by atoms with Gasteiger partial charge in [-0.2, -0.15) is 0 Å². The van der Waals surface area contributed by atoms with Crippen molar-refractivity contribution in [3.63, 3.8) is 0 Å². The van der Waals surface area contributed by atoms with Crippen LogP contribution in [0.4, 0.5) is 11.5 Å². The van der Waals surface area contributed by atoms with Crippen LogP contribution in [0.2, 0.25) is 0 Å². The Bertz CT molecular complexity index is 966. The maximum absolute atomic E-state index is 12.9. The van der Waals surface area contributed by atoms with Crippen molar-refractivity contribution in [3.8, 4) is 11.5 Å². The summed E-state index contributed by atoms with van der Waals surface area (Å²) in [5.74, 6) is 2.18. The molecule has 0 radical (unpaired) electrons. The van der Waals surface area contributed by atoms with Crippen molar-refractivity contribution < 1.29 is 14.3 Å². The molecular weight excluding hydrogens is 374 g/mol. The van der Waals surface area contributed by atoms with Crippen LogP contribution in [0, 0.1) is 5.92 Å². The van der Waals surface area contributed by atoms with Crippen molar-refractivity contribution in [2.24, 2.45) is 5.92 Å². The summed E-state index contributed by atoms with van der Waals surface area (Å²) >= 11 is 1.71. The highest BCUT2D eigenvalue weighted by molar-refractivity contribution is 7.17. The summed E-state index contributed by atoms with van der Waals surface area (Å²) in [6.45, 7) is 1.58. The van der Waals surface area contributed by atoms with Crippen LogP contribution in [0.3, 0.4) is 0 Å². The largest absolute Gasteiger partial charge is 0.497 e. The Morgan fingerprint density at radius 2 is 2.00 bits per heavy atom. The van der Waals surface area contributed by atoms with E-state index in [0.29, 0.717) is 23.7 Å². The highest BCUT2D eigenvalue weighted by Crippen LogP contribution is 2.32. The predicted octanol–water partition coefficient (Wildman–Crippen LogP) is 4.17. The van der Waals surface area contributed by atoms with Crippen LogP contribution >= 0.6 is 11.3 Å². The lowest BCUT2D eigenvalue weighted by molar-refractivity contribution is -0.120. The molecule has 28 heavy (non-hydrogen) atoms. The summed E-state index contributed by atoms with van der Waals surface area (Å²) in [4.78, 5) is 19.7. The lowest BCUT2D eigenvalue weighted by Gasteiger charge is -2.33. The normalized spacial score (nSPS) is 16.8. The zero-order valence-electron chi connectivity index (χ0n) is 16.0. The van der Waals surface area contributed by atoms with Gasteiger partial charge in [0.2, 0.25) is 5.91 Å². The number of benzene rings is 1. The smallest absolute Gasteiger partial charge is 0.229 e. The van der Waals surface area contributed by atoms with E-state index in [1.54, 1.807) is 43.8 Å². The number of fused-ring (bicyclic) bond motifs is 1. The van der Waals surface area contributed by atoms with Gasteiger partial charge in [0.1, 0.15) is 17.3 Å². The zero-order chi connectivity index (χ0) is 19.5. The van der Waals surface area contributed by atoms with Gasteiger partial charge in [0.15, 0.2) is 0 Å². The molecule has 1 unspecified atom stereocenters. The highest BCUT2D eigenvalue weighted by Gasteiger charge is 2.27. The fourth-order valence-electron chi connectivity index (χ4n) is 3.64. The molecule has 1 atom stereocenters. The van der Waals surface area contributed by atoms with Crippen molar-refractivity contribution in [1.29, 1.82) is 0 Å². The molecule has 7 heteroatoms. The number of carbonyl (C=O) groups is 1. The molecule has 2 aromatic heterocycles. The van der Waals surface area contributed by atoms with E-state index < -0.39 is 0 Å². The third kappa shape index (κ3) is 3.75. The number of aromatic nitrogens is 1. The maximum atomic E-state index is 12.9. The van der Waals surface area contributed by atoms with E-state index in [-0.39, 0.29) is 11.8 Å². The zero-order valence-corrected chi connectivity index (χ0v) is 16.8. The number of thiophene rings is 1.